The first-order chi connectivity index (χ1) is 31.2. The Kier molecular flexibility index (Phi) is 45.7. The number of hydrogen-bond donors (Lipinski definition) is 0. The molecule has 64 heavy (non-hydrogen) atoms. The van der Waals surface area contributed by atoms with Crippen LogP contribution in [-0.4, -0.2) is 98.0 Å². The highest BCUT2D eigenvalue weighted by Gasteiger charge is 2.15. The number of rotatable bonds is 49. The summed E-state index contributed by atoms with van der Waals surface area (Å²) in [6.07, 6.45) is 41.7. The van der Waals surface area contributed by atoms with E-state index in [1.807, 2.05) is 25.9 Å². The van der Waals surface area contributed by atoms with Crippen LogP contribution in [0.25, 0.3) is 0 Å². The van der Waals surface area contributed by atoms with E-state index in [9.17, 15) is 19.2 Å². The maximum Gasteiger partial charge on any atom is 0.306 e. The smallest absolute Gasteiger partial charge is 0.306 e. The summed E-state index contributed by atoms with van der Waals surface area (Å²) in [7, 11) is 3.71. The van der Waals surface area contributed by atoms with E-state index >= 15 is 0 Å². The zero-order chi connectivity index (χ0) is 47.1. The van der Waals surface area contributed by atoms with Crippen LogP contribution >= 0.6 is 0 Å². The second-order valence-electron chi connectivity index (χ2n) is 19.2. The van der Waals surface area contributed by atoms with Gasteiger partial charge in [0.15, 0.2) is 0 Å². The minimum atomic E-state index is -0.0379. The SMILES string of the molecule is CCCCCCCCCOC(=O)CCCCCCCN(CCCCCCCC(=O)OC(CCCCCCCC)CCCCCCCC)CCCCC(=O)N(C)CCCN(C)C(=O)CC. The van der Waals surface area contributed by atoms with Gasteiger partial charge in [0.2, 0.25) is 11.8 Å². The summed E-state index contributed by atoms with van der Waals surface area (Å²) in [5.41, 5.74) is 0. The molecule has 0 bridgehead atoms. The van der Waals surface area contributed by atoms with E-state index in [1.54, 1.807) is 4.90 Å². The lowest BCUT2D eigenvalue weighted by Gasteiger charge is -2.23. The molecular formula is C55H107N3O6. The van der Waals surface area contributed by atoms with E-state index < -0.39 is 0 Å². The van der Waals surface area contributed by atoms with E-state index in [0.29, 0.717) is 45.4 Å². The number of ether oxygens (including phenoxy) is 2. The summed E-state index contributed by atoms with van der Waals surface area (Å²) in [5.74, 6) is 0.298. The molecule has 0 aromatic rings. The van der Waals surface area contributed by atoms with Crippen molar-refractivity contribution in [2.24, 2.45) is 0 Å². The van der Waals surface area contributed by atoms with Crippen molar-refractivity contribution in [3.63, 3.8) is 0 Å². The lowest BCUT2D eigenvalue weighted by atomic mass is 10.0. The predicted octanol–water partition coefficient (Wildman–Crippen LogP) is 14.6. The van der Waals surface area contributed by atoms with Crippen molar-refractivity contribution in [3.05, 3.63) is 0 Å². The third-order valence-electron chi connectivity index (χ3n) is 13.0. The summed E-state index contributed by atoms with van der Waals surface area (Å²) >= 11 is 0. The maximum atomic E-state index is 12.9. The zero-order valence-corrected chi connectivity index (χ0v) is 43.5. The number of carbonyl (C=O) groups excluding carboxylic acids is 4. The Morgan fingerprint density at radius 2 is 0.750 bits per heavy atom. The minimum absolute atomic E-state index is 0.00705. The topological polar surface area (TPSA) is 96.5 Å². The molecule has 0 spiro atoms. The van der Waals surface area contributed by atoms with Crippen molar-refractivity contribution < 1.29 is 28.7 Å². The summed E-state index contributed by atoms with van der Waals surface area (Å²) in [6.45, 7) is 13.7. The normalized spacial score (nSPS) is 11.4. The Morgan fingerprint density at radius 3 is 1.23 bits per heavy atom. The second-order valence-corrected chi connectivity index (χ2v) is 19.2. The number of carbonyl (C=O) groups is 4. The van der Waals surface area contributed by atoms with Gasteiger partial charge in [0.25, 0.3) is 0 Å². The molecule has 0 unspecified atom stereocenters. The molecule has 0 aromatic heterocycles. The fourth-order valence-electron chi connectivity index (χ4n) is 8.60. The predicted molar refractivity (Wildman–Crippen MR) is 271 cm³/mol. The van der Waals surface area contributed by atoms with Crippen LogP contribution in [0.2, 0.25) is 0 Å². The number of hydrogen-bond acceptors (Lipinski definition) is 7. The van der Waals surface area contributed by atoms with E-state index in [4.69, 9.17) is 9.47 Å². The van der Waals surface area contributed by atoms with Gasteiger partial charge in [-0.1, -0.05) is 169 Å². The highest BCUT2D eigenvalue weighted by atomic mass is 16.5. The first-order valence-electron chi connectivity index (χ1n) is 27.7. The monoisotopic (exact) mass is 906 g/mol. The molecule has 0 heterocycles. The maximum absolute atomic E-state index is 12.9. The highest BCUT2D eigenvalue weighted by molar-refractivity contribution is 5.76. The van der Waals surface area contributed by atoms with Crippen molar-refractivity contribution in [2.75, 3.05) is 53.4 Å². The zero-order valence-electron chi connectivity index (χ0n) is 43.5. The van der Waals surface area contributed by atoms with Gasteiger partial charge in [-0.25, -0.2) is 0 Å². The molecule has 9 heteroatoms. The van der Waals surface area contributed by atoms with Crippen LogP contribution in [0.5, 0.6) is 0 Å². The molecular weight excluding hydrogens is 799 g/mol. The first kappa shape index (κ1) is 61.8. The molecule has 378 valence electrons. The van der Waals surface area contributed by atoms with E-state index in [2.05, 4.69) is 25.7 Å². The van der Waals surface area contributed by atoms with Gasteiger partial charge in [0.05, 0.1) is 6.61 Å². The van der Waals surface area contributed by atoms with Crippen LogP contribution in [0.3, 0.4) is 0 Å². The number of esters is 2. The molecule has 0 aliphatic carbocycles. The van der Waals surface area contributed by atoms with Gasteiger partial charge < -0.3 is 24.2 Å². The summed E-state index contributed by atoms with van der Waals surface area (Å²) in [5, 5.41) is 0. The minimum Gasteiger partial charge on any atom is -0.466 e. The molecule has 0 saturated carbocycles. The fourth-order valence-corrected chi connectivity index (χ4v) is 8.60. The van der Waals surface area contributed by atoms with Crippen LogP contribution in [0.1, 0.15) is 272 Å². The molecule has 0 radical (unpaired) electrons. The number of nitrogens with zero attached hydrogens (tertiary/aromatic N) is 3. The third-order valence-corrected chi connectivity index (χ3v) is 13.0. The molecule has 0 fully saturated rings. The Morgan fingerprint density at radius 1 is 0.375 bits per heavy atom. The van der Waals surface area contributed by atoms with E-state index in [1.165, 1.54) is 122 Å². The molecule has 2 amide bonds. The van der Waals surface area contributed by atoms with Crippen LogP contribution in [-0.2, 0) is 28.7 Å². The molecule has 9 nitrogen and oxygen atoms in total. The van der Waals surface area contributed by atoms with Gasteiger partial charge in [-0.15, -0.1) is 0 Å². The highest BCUT2D eigenvalue weighted by Crippen LogP contribution is 2.19. The Labute approximate surface area is 397 Å². The van der Waals surface area contributed by atoms with Gasteiger partial charge >= 0.3 is 11.9 Å². The summed E-state index contributed by atoms with van der Waals surface area (Å²) < 4.78 is 11.6. The Bertz CT molecular complexity index is 1060. The molecule has 0 saturated heterocycles. The summed E-state index contributed by atoms with van der Waals surface area (Å²) in [4.78, 5) is 56.0. The van der Waals surface area contributed by atoms with Gasteiger partial charge in [-0.3, -0.25) is 19.2 Å². The molecule has 0 aromatic carbocycles. The average Bonchev–Trinajstić information content (AvgIpc) is 3.29. The second kappa shape index (κ2) is 47.3. The number of unbranched alkanes of at least 4 members (excludes halogenated alkanes) is 25. The van der Waals surface area contributed by atoms with Crippen LogP contribution in [0, 0.1) is 0 Å². The largest absolute Gasteiger partial charge is 0.466 e. The lowest BCUT2D eigenvalue weighted by Crippen LogP contribution is -2.32. The molecule has 0 aliphatic rings. The Hall–Kier alpha value is -2.16. The Balaban J connectivity index is 4.66. The van der Waals surface area contributed by atoms with E-state index in [-0.39, 0.29) is 29.9 Å². The fraction of sp³-hybridized carbons (Fsp3) is 0.927. The van der Waals surface area contributed by atoms with Crippen LogP contribution in [0.15, 0.2) is 0 Å². The van der Waals surface area contributed by atoms with Crippen molar-refractivity contribution in [3.8, 4) is 0 Å². The molecule has 0 rings (SSSR count). The van der Waals surface area contributed by atoms with Gasteiger partial charge in [0.1, 0.15) is 6.10 Å². The molecule has 0 aliphatic heterocycles. The third kappa shape index (κ3) is 41.3. The van der Waals surface area contributed by atoms with Gasteiger partial charge in [-0.05, 0) is 96.7 Å². The summed E-state index contributed by atoms with van der Waals surface area (Å²) in [6, 6.07) is 0. The van der Waals surface area contributed by atoms with E-state index in [0.717, 1.165) is 116 Å². The van der Waals surface area contributed by atoms with Crippen molar-refractivity contribution in [1.82, 2.24) is 14.7 Å². The lowest BCUT2D eigenvalue weighted by molar-refractivity contribution is -0.150. The van der Waals surface area contributed by atoms with Crippen molar-refractivity contribution in [1.29, 1.82) is 0 Å². The first-order valence-corrected chi connectivity index (χ1v) is 27.7. The average molecular weight is 906 g/mol. The molecule has 0 atom stereocenters. The van der Waals surface area contributed by atoms with Crippen LogP contribution in [0.4, 0.5) is 0 Å². The molecule has 0 N–H and O–H groups in total. The van der Waals surface area contributed by atoms with Gasteiger partial charge in [0, 0.05) is 52.9 Å². The quantitative estimate of drug-likeness (QED) is 0.0443. The van der Waals surface area contributed by atoms with Crippen molar-refractivity contribution in [2.45, 2.75) is 278 Å². The van der Waals surface area contributed by atoms with Crippen molar-refractivity contribution >= 4 is 23.8 Å². The van der Waals surface area contributed by atoms with Gasteiger partial charge in [-0.2, -0.15) is 0 Å². The number of amides is 2. The van der Waals surface area contributed by atoms with Crippen LogP contribution < -0.4 is 0 Å². The standard InChI is InChI=1S/C55H107N3O6/c1-7-11-14-17-20-29-38-50-63-54(61)43-32-25-21-27-35-47-58(49-37-34-42-53(60)57(6)46-39-45-56(5)52(59)10-4)48-36-28-22-26-33-44-55(62)64-51(40-30-23-18-15-12-8-2)41-31-24-19-16-13-9-3/h51H,7-50H2,1-6H3.